The molecule has 0 spiro atoms. The van der Waals surface area contributed by atoms with E-state index in [1.54, 1.807) is 31.2 Å². The Morgan fingerprint density at radius 2 is 2.05 bits per heavy atom. The minimum absolute atomic E-state index is 0.128. The summed E-state index contributed by atoms with van der Waals surface area (Å²) in [4.78, 5) is 29.1. The summed E-state index contributed by atoms with van der Waals surface area (Å²) in [5, 5.41) is 12.0. The Bertz CT molecular complexity index is 723. The lowest BCUT2D eigenvalue weighted by atomic mass is 10.1. The molecule has 0 fully saturated rings. The molecule has 0 radical (unpaired) electrons. The van der Waals surface area contributed by atoms with E-state index in [-0.39, 0.29) is 17.1 Å². The summed E-state index contributed by atoms with van der Waals surface area (Å²) in [6, 6.07) is 6.52. The number of benzene rings is 1. The normalized spacial score (nSPS) is 10.4. The fourth-order valence-electron chi connectivity index (χ4n) is 2.16. The Kier molecular flexibility index (Phi) is 4.77. The van der Waals surface area contributed by atoms with Crippen LogP contribution in [0.5, 0.6) is 0 Å². The molecule has 0 atom stereocenters. The van der Waals surface area contributed by atoms with Crippen molar-refractivity contribution in [2.75, 3.05) is 17.6 Å². The lowest BCUT2D eigenvalue weighted by Crippen LogP contribution is -2.19. The van der Waals surface area contributed by atoms with Gasteiger partial charge in [0.1, 0.15) is 0 Å². The van der Waals surface area contributed by atoms with Gasteiger partial charge in [0.05, 0.1) is 5.56 Å². The Morgan fingerprint density at radius 3 is 2.64 bits per heavy atom. The van der Waals surface area contributed by atoms with Crippen molar-refractivity contribution < 1.29 is 9.90 Å². The molecule has 0 aliphatic rings. The van der Waals surface area contributed by atoms with Crippen molar-refractivity contribution in [1.82, 2.24) is 9.97 Å². The number of carboxylic acids is 1. The Hall–Kier alpha value is -2.83. The van der Waals surface area contributed by atoms with Crippen LogP contribution in [0.25, 0.3) is 0 Å². The largest absolute Gasteiger partial charge is 0.478 e. The number of carboxylic acid groups (broad SMARTS) is 1. The summed E-state index contributed by atoms with van der Waals surface area (Å²) in [6.45, 7) is 2.43. The van der Waals surface area contributed by atoms with E-state index in [1.807, 2.05) is 0 Å². The van der Waals surface area contributed by atoms with Crippen molar-refractivity contribution in [2.45, 2.75) is 19.8 Å². The third-order valence-corrected chi connectivity index (χ3v) is 3.31. The fourth-order valence-corrected chi connectivity index (χ4v) is 2.16. The van der Waals surface area contributed by atoms with Crippen molar-refractivity contribution in [3.8, 4) is 0 Å². The lowest BCUT2D eigenvalue weighted by Gasteiger charge is -2.08. The van der Waals surface area contributed by atoms with Gasteiger partial charge in [0, 0.05) is 23.5 Å². The molecule has 1 aromatic carbocycles. The molecule has 2 aromatic rings. The van der Waals surface area contributed by atoms with Crippen LogP contribution < -0.4 is 16.6 Å². The quantitative estimate of drug-likeness (QED) is 0.598. The highest BCUT2D eigenvalue weighted by Gasteiger charge is 2.06. The molecule has 22 heavy (non-hydrogen) atoms. The summed E-state index contributed by atoms with van der Waals surface area (Å²) in [5.74, 6) is -0.819. The number of aromatic amines is 1. The number of aryl methyl sites for hydroxylation is 1. The molecule has 1 aromatic heterocycles. The molecular weight excluding hydrogens is 284 g/mol. The second-order valence-electron chi connectivity index (χ2n) is 4.93. The zero-order valence-corrected chi connectivity index (χ0v) is 12.2. The number of nitrogens with one attached hydrogen (secondary N) is 2. The van der Waals surface area contributed by atoms with Crippen LogP contribution in [0.15, 0.2) is 29.1 Å². The predicted molar refractivity (Wildman–Crippen MR) is 84.2 cm³/mol. The highest BCUT2D eigenvalue weighted by molar-refractivity contribution is 5.87. The average Bonchev–Trinajstić information content (AvgIpc) is 2.46. The van der Waals surface area contributed by atoms with Crippen molar-refractivity contribution >= 4 is 17.6 Å². The van der Waals surface area contributed by atoms with Gasteiger partial charge >= 0.3 is 5.97 Å². The van der Waals surface area contributed by atoms with Gasteiger partial charge in [-0.15, -0.1) is 0 Å². The first-order valence-electron chi connectivity index (χ1n) is 6.90. The lowest BCUT2D eigenvalue weighted by molar-refractivity contribution is 0.0697. The highest BCUT2D eigenvalue weighted by Crippen LogP contribution is 2.10. The number of nitrogens with two attached hydrogens (primary N) is 1. The molecule has 1 heterocycles. The molecule has 0 aliphatic heterocycles. The van der Waals surface area contributed by atoms with Gasteiger partial charge in [-0.2, -0.15) is 0 Å². The molecule has 5 N–H and O–H groups in total. The van der Waals surface area contributed by atoms with E-state index in [0.717, 1.165) is 12.1 Å². The van der Waals surface area contributed by atoms with Crippen LogP contribution in [-0.2, 0) is 6.42 Å². The van der Waals surface area contributed by atoms with E-state index in [4.69, 9.17) is 10.8 Å². The number of hydrogen-bond acceptors (Lipinski definition) is 5. The molecule has 0 saturated carbocycles. The van der Waals surface area contributed by atoms with E-state index in [1.165, 1.54) is 0 Å². The van der Waals surface area contributed by atoms with Crippen LogP contribution in [-0.4, -0.2) is 27.6 Å². The fraction of sp³-hybridized carbons (Fsp3) is 0.267. The van der Waals surface area contributed by atoms with E-state index in [0.29, 0.717) is 24.2 Å². The smallest absolute Gasteiger partial charge is 0.335 e. The number of hydrogen-bond donors (Lipinski definition) is 4. The number of rotatable bonds is 6. The monoisotopic (exact) mass is 302 g/mol. The van der Waals surface area contributed by atoms with Gasteiger partial charge in [0.15, 0.2) is 0 Å². The molecule has 7 nitrogen and oxygen atoms in total. The summed E-state index contributed by atoms with van der Waals surface area (Å²) in [6.07, 6.45) is 1.34. The van der Waals surface area contributed by atoms with Gasteiger partial charge < -0.3 is 16.2 Å². The Balaban J connectivity index is 1.87. The third-order valence-electron chi connectivity index (χ3n) is 3.31. The maximum absolute atomic E-state index is 11.8. The SMILES string of the molecule is Cc1nc(N)[nH]c(=O)c1CCCNc1ccc(C(=O)O)cc1. The van der Waals surface area contributed by atoms with Gasteiger partial charge in [0.2, 0.25) is 5.95 Å². The number of aromatic nitrogens is 2. The van der Waals surface area contributed by atoms with Gasteiger partial charge in [-0.1, -0.05) is 0 Å². The molecule has 0 aliphatic carbocycles. The average molecular weight is 302 g/mol. The topological polar surface area (TPSA) is 121 Å². The van der Waals surface area contributed by atoms with Crippen LogP contribution in [0.4, 0.5) is 11.6 Å². The van der Waals surface area contributed by atoms with Gasteiger partial charge in [0.25, 0.3) is 5.56 Å². The summed E-state index contributed by atoms with van der Waals surface area (Å²) >= 11 is 0. The first-order chi connectivity index (χ1) is 10.5. The zero-order valence-electron chi connectivity index (χ0n) is 12.2. The Labute approximate surface area is 127 Å². The van der Waals surface area contributed by atoms with E-state index in [2.05, 4.69) is 15.3 Å². The number of nitrogen functional groups attached to an aromatic ring is 1. The number of H-pyrrole nitrogens is 1. The highest BCUT2D eigenvalue weighted by atomic mass is 16.4. The molecule has 0 amide bonds. The molecule has 0 unspecified atom stereocenters. The number of anilines is 2. The predicted octanol–water partition coefficient (Wildman–Crippen LogP) is 1.40. The molecule has 116 valence electrons. The zero-order chi connectivity index (χ0) is 16.1. The second-order valence-corrected chi connectivity index (χ2v) is 4.93. The standard InChI is InChI=1S/C15H18N4O3/c1-9-12(13(20)19-15(16)18-9)3-2-8-17-11-6-4-10(5-7-11)14(21)22/h4-7,17H,2-3,8H2,1H3,(H,21,22)(H3,16,18,19,20). The summed E-state index contributed by atoms with van der Waals surface area (Å²) in [5.41, 5.74) is 7.64. The van der Waals surface area contributed by atoms with E-state index < -0.39 is 5.97 Å². The van der Waals surface area contributed by atoms with Gasteiger partial charge in [-0.05, 0) is 44.0 Å². The maximum atomic E-state index is 11.8. The van der Waals surface area contributed by atoms with E-state index in [9.17, 15) is 9.59 Å². The van der Waals surface area contributed by atoms with Crippen molar-refractivity contribution in [3.05, 3.63) is 51.4 Å². The maximum Gasteiger partial charge on any atom is 0.335 e. The summed E-state index contributed by atoms with van der Waals surface area (Å²) in [7, 11) is 0. The summed E-state index contributed by atoms with van der Waals surface area (Å²) < 4.78 is 0. The minimum atomic E-state index is -0.947. The number of carbonyl (C=O) groups is 1. The van der Waals surface area contributed by atoms with Crippen molar-refractivity contribution in [3.63, 3.8) is 0 Å². The van der Waals surface area contributed by atoms with Crippen LogP contribution in [0.2, 0.25) is 0 Å². The van der Waals surface area contributed by atoms with Crippen LogP contribution >= 0.6 is 0 Å². The van der Waals surface area contributed by atoms with Crippen LogP contribution in [0.1, 0.15) is 28.0 Å². The molecule has 2 rings (SSSR count). The number of nitrogens with zero attached hydrogens (tertiary/aromatic N) is 1. The molecule has 0 saturated heterocycles. The Morgan fingerprint density at radius 1 is 1.36 bits per heavy atom. The van der Waals surface area contributed by atoms with Crippen molar-refractivity contribution in [1.29, 1.82) is 0 Å². The second kappa shape index (κ2) is 6.75. The van der Waals surface area contributed by atoms with Crippen LogP contribution in [0.3, 0.4) is 0 Å². The van der Waals surface area contributed by atoms with E-state index >= 15 is 0 Å². The first-order valence-corrected chi connectivity index (χ1v) is 6.90. The van der Waals surface area contributed by atoms with Crippen molar-refractivity contribution in [2.24, 2.45) is 0 Å². The third kappa shape index (κ3) is 3.85. The van der Waals surface area contributed by atoms with Gasteiger partial charge in [-0.3, -0.25) is 9.78 Å². The number of aromatic carboxylic acids is 1. The first kappa shape index (κ1) is 15.6. The molecule has 0 bridgehead atoms. The molecular formula is C15H18N4O3. The molecule has 7 heteroatoms. The van der Waals surface area contributed by atoms with Crippen LogP contribution in [0, 0.1) is 6.92 Å². The minimum Gasteiger partial charge on any atom is -0.478 e. The van der Waals surface area contributed by atoms with Gasteiger partial charge in [-0.25, -0.2) is 9.78 Å².